The van der Waals surface area contributed by atoms with E-state index in [1.54, 1.807) is 16.8 Å². The van der Waals surface area contributed by atoms with Gasteiger partial charge in [-0.25, -0.2) is 9.67 Å². The van der Waals surface area contributed by atoms with Gasteiger partial charge in [-0.1, -0.05) is 41.9 Å². The van der Waals surface area contributed by atoms with Crippen molar-refractivity contribution >= 4 is 34.4 Å². The Kier molecular flexibility index (Phi) is 4.37. The van der Waals surface area contributed by atoms with E-state index in [0.717, 1.165) is 11.3 Å². The SMILES string of the molecule is Cc1nn(-c2ccc(Cl)cc2)c2ncc3c(c12)C(=O)N(CCc1ccccc1)C3=O. The molecule has 2 aromatic heterocycles. The van der Waals surface area contributed by atoms with E-state index in [2.05, 4.69) is 10.1 Å². The van der Waals surface area contributed by atoms with Crippen LogP contribution in [0.5, 0.6) is 0 Å². The smallest absolute Gasteiger partial charge is 0.263 e. The van der Waals surface area contributed by atoms with Gasteiger partial charge in [0.1, 0.15) is 0 Å². The Hall–Kier alpha value is -3.51. The molecule has 7 heteroatoms. The normalized spacial score (nSPS) is 13.3. The van der Waals surface area contributed by atoms with E-state index in [1.807, 2.05) is 49.4 Å². The lowest BCUT2D eigenvalue weighted by atomic mass is 10.1. The molecule has 2 amide bonds. The zero-order chi connectivity index (χ0) is 20.8. The summed E-state index contributed by atoms with van der Waals surface area (Å²) in [5.74, 6) is -0.601. The molecule has 1 aliphatic rings. The molecule has 0 spiro atoms. The topological polar surface area (TPSA) is 68.1 Å². The Labute approximate surface area is 177 Å². The lowest BCUT2D eigenvalue weighted by Crippen LogP contribution is -2.31. The highest BCUT2D eigenvalue weighted by atomic mass is 35.5. The lowest BCUT2D eigenvalue weighted by Gasteiger charge is -2.13. The van der Waals surface area contributed by atoms with Gasteiger partial charge in [0.15, 0.2) is 5.65 Å². The average molecular weight is 417 g/mol. The van der Waals surface area contributed by atoms with Gasteiger partial charge in [-0.05, 0) is 43.2 Å². The summed E-state index contributed by atoms with van der Waals surface area (Å²) in [6.45, 7) is 2.14. The summed E-state index contributed by atoms with van der Waals surface area (Å²) in [6.07, 6.45) is 2.08. The maximum absolute atomic E-state index is 13.2. The third kappa shape index (κ3) is 2.88. The highest BCUT2D eigenvalue weighted by Gasteiger charge is 2.38. The summed E-state index contributed by atoms with van der Waals surface area (Å²) in [6, 6.07) is 17.0. The van der Waals surface area contributed by atoms with Crippen LogP contribution in [0.2, 0.25) is 5.02 Å². The first kappa shape index (κ1) is 18.5. The van der Waals surface area contributed by atoms with Crippen molar-refractivity contribution in [2.24, 2.45) is 0 Å². The summed E-state index contributed by atoms with van der Waals surface area (Å²) >= 11 is 5.99. The number of fused-ring (bicyclic) bond motifs is 3. The predicted molar refractivity (Wildman–Crippen MR) is 114 cm³/mol. The first-order valence-electron chi connectivity index (χ1n) is 9.59. The number of imide groups is 1. The molecule has 4 aromatic rings. The number of carbonyl (C=O) groups is 2. The van der Waals surface area contributed by atoms with Gasteiger partial charge in [-0.2, -0.15) is 5.10 Å². The van der Waals surface area contributed by atoms with Crippen molar-refractivity contribution in [2.75, 3.05) is 6.54 Å². The van der Waals surface area contributed by atoms with Crippen molar-refractivity contribution in [3.05, 3.63) is 88.2 Å². The van der Waals surface area contributed by atoms with Crippen LogP contribution in [0.4, 0.5) is 0 Å². The molecule has 0 unspecified atom stereocenters. The summed E-state index contributed by atoms with van der Waals surface area (Å²) < 4.78 is 1.67. The summed E-state index contributed by atoms with van der Waals surface area (Å²) in [5.41, 5.74) is 3.76. The van der Waals surface area contributed by atoms with E-state index in [0.29, 0.717) is 45.8 Å². The molecule has 6 nitrogen and oxygen atoms in total. The predicted octanol–water partition coefficient (Wildman–Crippen LogP) is 4.22. The van der Waals surface area contributed by atoms with E-state index in [1.165, 1.54) is 11.1 Å². The largest absolute Gasteiger partial charge is 0.274 e. The second-order valence-electron chi connectivity index (χ2n) is 7.22. The fraction of sp³-hybridized carbons (Fsp3) is 0.130. The molecule has 148 valence electrons. The van der Waals surface area contributed by atoms with E-state index < -0.39 is 0 Å². The highest BCUT2D eigenvalue weighted by molar-refractivity contribution is 6.30. The van der Waals surface area contributed by atoms with Crippen molar-refractivity contribution in [1.29, 1.82) is 0 Å². The molecule has 2 aromatic carbocycles. The number of rotatable bonds is 4. The van der Waals surface area contributed by atoms with Gasteiger partial charge < -0.3 is 0 Å². The van der Waals surface area contributed by atoms with Gasteiger partial charge in [0.2, 0.25) is 0 Å². The van der Waals surface area contributed by atoms with Gasteiger partial charge in [-0.15, -0.1) is 0 Å². The van der Waals surface area contributed by atoms with Gasteiger partial charge in [0, 0.05) is 17.8 Å². The monoisotopic (exact) mass is 416 g/mol. The molecule has 0 aliphatic carbocycles. The maximum atomic E-state index is 13.2. The van der Waals surface area contributed by atoms with Crippen LogP contribution in [-0.4, -0.2) is 38.0 Å². The standard InChI is InChI=1S/C23H17ClN4O2/c1-14-19-20-18(13-25-21(19)28(26-14)17-9-7-16(24)8-10-17)22(29)27(23(20)30)12-11-15-5-3-2-4-6-15/h2-10,13H,11-12H2,1H3. The number of hydrogen-bond donors (Lipinski definition) is 0. The lowest BCUT2D eigenvalue weighted by molar-refractivity contribution is 0.0656. The third-order valence-corrected chi connectivity index (χ3v) is 5.60. The molecule has 0 radical (unpaired) electrons. The van der Waals surface area contributed by atoms with Crippen LogP contribution in [0.3, 0.4) is 0 Å². The Morgan fingerprint density at radius 1 is 0.967 bits per heavy atom. The first-order valence-corrected chi connectivity index (χ1v) is 9.97. The Bertz CT molecular complexity index is 1300. The number of aryl methyl sites for hydroxylation is 1. The summed E-state index contributed by atoms with van der Waals surface area (Å²) in [4.78, 5) is 31.9. The number of pyridine rings is 1. The Morgan fingerprint density at radius 3 is 2.43 bits per heavy atom. The number of amides is 2. The molecule has 0 saturated heterocycles. The Morgan fingerprint density at radius 2 is 1.70 bits per heavy atom. The van der Waals surface area contributed by atoms with E-state index in [-0.39, 0.29) is 11.8 Å². The quantitative estimate of drug-likeness (QED) is 0.467. The number of benzene rings is 2. The zero-order valence-corrected chi connectivity index (χ0v) is 16.9. The molecule has 0 N–H and O–H groups in total. The van der Waals surface area contributed by atoms with Crippen LogP contribution in [0, 0.1) is 6.92 Å². The van der Waals surface area contributed by atoms with Crippen LogP contribution in [0.25, 0.3) is 16.7 Å². The second-order valence-corrected chi connectivity index (χ2v) is 7.65. The number of nitrogens with zero attached hydrogens (tertiary/aromatic N) is 4. The van der Waals surface area contributed by atoms with Crippen LogP contribution >= 0.6 is 11.6 Å². The molecule has 0 fully saturated rings. The first-order chi connectivity index (χ1) is 14.5. The van der Waals surface area contributed by atoms with Crippen molar-refractivity contribution in [2.45, 2.75) is 13.3 Å². The molecule has 3 heterocycles. The molecule has 0 atom stereocenters. The number of carbonyl (C=O) groups excluding carboxylic acids is 2. The van der Waals surface area contributed by atoms with Gasteiger partial charge in [-0.3, -0.25) is 14.5 Å². The average Bonchev–Trinajstić information content (AvgIpc) is 3.22. The molecule has 1 aliphatic heterocycles. The summed E-state index contributed by atoms with van der Waals surface area (Å²) in [7, 11) is 0. The fourth-order valence-corrected chi connectivity index (χ4v) is 3.99. The number of halogens is 1. The van der Waals surface area contributed by atoms with Gasteiger partial charge in [0.25, 0.3) is 11.8 Å². The fourth-order valence-electron chi connectivity index (χ4n) is 3.86. The van der Waals surface area contributed by atoms with Crippen LogP contribution in [0.15, 0.2) is 60.8 Å². The van der Waals surface area contributed by atoms with Gasteiger partial charge >= 0.3 is 0 Å². The Balaban J connectivity index is 1.55. The van der Waals surface area contributed by atoms with E-state index in [9.17, 15) is 9.59 Å². The molecule has 30 heavy (non-hydrogen) atoms. The van der Waals surface area contributed by atoms with Crippen molar-refractivity contribution < 1.29 is 9.59 Å². The van der Waals surface area contributed by atoms with Crippen molar-refractivity contribution in [3.63, 3.8) is 0 Å². The molecular weight excluding hydrogens is 400 g/mol. The zero-order valence-electron chi connectivity index (χ0n) is 16.2. The van der Waals surface area contributed by atoms with E-state index >= 15 is 0 Å². The number of hydrogen-bond acceptors (Lipinski definition) is 4. The molecule has 0 bridgehead atoms. The second kappa shape index (κ2) is 7.07. The minimum atomic E-state index is -0.307. The van der Waals surface area contributed by atoms with E-state index in [4.69, 9.17) is 11.6 Å². The van der Waals surface area contributed by atoms with Crippen molar-refractivity contribution in [1.82, 2.24) is 19.7 Å². The van der Waals surface area contributed by atoms with Crippen molar-refractivity contribution in [3.8, 4) is 5.69 Å². The molecular formula is C23H17ClN4O2. The summed E-state index contributed by atoms with van der Waals surface area (Å²) in [5, 5.41) is 5.81. The third-order valence-electron chi connectivity index (χ3n) is 5.34. The van der Waals surface area contributed by atoms with Crippen LogP contribution in [-0.2, 0) is 6.42 Å². The minimum Gasteiger partial charge on any atom is -0.274 e. The molecule has 5 rings (SSSR count). The van der Waals surface area contributed by atoms with Gasteiger partial charge in [0.05, 0.1) is 27.9 Å². The van der Waals surface area contributed by atoms with Crippen LogP contribution < -0.4 is 0 Å². The molecule has 0 saturated carbocycles. The number of aromatic nitrogens is 3. The highest BCUT2D eigenvalue weighted by Crippen LogP contribution is 2.32. The minimum absolute atomic E-state index is 0.294. The maximum Gasteiger partial charge on any atom is 0.263 e. The van der Waals surface area contributed by atoms with Crippen LogP contribution in [0.1, 0.15) is 32.0 Å².